The number of amides is 1. The van der Waals surface area contributed by atoms with Crippen molar-refractivity contribution < 1.29 is 9.53 Å². The number of ether oxygens (including phenoxy) is 1. The monoisotopic (exact) mass is 358 g/mol. The predicted molar refractivity (Wildman–Crippen MR) is 95.5 cm³/mol. The van der Waals surface area contributed by atoms with Crippen molar-refractivity contribution in [1.29, 1.82) is 0 Å². The molecule has 2 aliphatic rings. The summed E-state index contributed by atoms with van der Waals surface area (Å²) in [5.74, 6) is -0.0190. The lowest BCUT2D eigenvalue weighted by Gasteiger charge is -2.58. The third kappa shape index (κ3) is 2.66. The maximum absolute atomic E-state index is 13.1. The van der Waals surface area contributed by atoms with Crippen LogP contribution in [0.15, 0.2) is 18.2 Å². The van der Waals surface area contributed by atoms with Gasteiger partial charge in [-0.25, -0.2) is 0 Å². The van der Waals surface area contributed by atoms with Crippen molar-refractivity contribution >= 4 is 35.6 Å². The van der Waals surface area contributed by atoms with Gasteiger partial charge in [0.1, 0.15) is 5.54 Å². The second kappa shape index (κ2) is 6.25. The van der Waals surface area contributed by atoms with Crippen LogP contribution >= 0.6 is 24.0 Å². The van der Waals surface area contributed by atoms with E-state index in [0.29, 0.717) is 24.6 Å². The number of carbonyl (C=O) groups is 1. The zero-order valence-electron chi connectivity index (χ0n) is 13.8. The molecule has 3 rings (SSSR count). The Morgan fingerprint density at radius 3 is 2.78 bits per heavy atom. The van der Waals surface area contributed by atoms with Crippen molar-refractivity contribution in [3.8, 4) is 0 Å². The van der Waals surface area contributed by atoms with Crippen molar-refractivity contribution in [3.05, 3.63) is 28.8 Å². The highest BCUT2D eigenvalue weighted by Gasteiger charge is 2.64. The number of anilines is 1. The fourth-order valence-electron chi connectivity index (χ4n) is 3.60. The van der Waals surface area contributed by atoms with Gasteiger partial charge in [-0.15, -0.1) is 12.4 Å². The number of nitrogens with zero attached hydrogens (tertiary/aromatic N) is 1. The minimum absolute atomic E-state index is 0. The van der Waals surface area contributed by atoms with Crippen LogP contribution in [0.25, 0.3) is 0 Å². The molecule has 1 fully saturated rings. The molecule has 0 saturated heterocycles. The molecular formula is C17H24Cl2N2O2. The Morgan fingerprint density at radius 2 is 2.17 bits per heavy atom. The molecule has 0 bridgehead atoms. The highest BCUT2D eigenvalue weighted by Crippen LogP contribution is 2.51. The Labute approximate surface area is 148 Å². The molecule has 4 nitrogen and oxygen atoms in total. The van der Waals surface area contributed by atoms with Gasteiger partial charge in [0, 0.05) is 35.7 Å². The molecule has 0 aromatic heterocycles. The first kappa shape index (κ1) is 18.5. The number of halogens is 2. The van der Waals surface area contributed by atoms with Crippen LogP contribution in [0.3, 0.4) is 0 Å². The van der Waals surface area contributed by atoms with Crippen molar-refractivity contribution in [3.63, 3.8) is 0 Å². The average molecular weight is 359 g/mol. The van der Waals surface area contributed by atoms with E-state index in [2.05, 4.69) is 0 Å². The fraction of sp³-hybridized carbons (Fsp3) is 0.588. The number of hydrogen-bond donors (Lipinski definition) is 1. The lowest BCUT2D eigenvalue weighted by Crippen LogP contribution is -2.76. The van der Waals surface area contributed by atoms with Crippen LogP contribution in [0.4, 0.5) is 5.69 Å². The molecule has 128 valence electrons. The Kier molecular flexibility index (Phi) is 5.03. The number of benzene rings is 1. The topological polar surface area (TPSA) is 55.6 Å². The standard InChI is InChI=1S/C17H23ClN2O2.ClH/c1-4-22-14-10-17(19,16(14,2)3)15(21)20-8-7-11-5-6-12(18)9-13(11)20;/h5-6,9,14H,4,7-8,10,19H2,1-3H3;1H. The van der Waals surface area contributed by atoms with E-state index >= 15 is 0 Å². The molecule has 6 heteroatoms. The van der Waals surface area contributed by atoms with Crippen LogP contribution in [0.5, 0.6) is 0 Å². The molecular weight excluding hydrogens is 335 g/mol. The van der Waals surface area contributed by atoms with E-state index in [4.69, 9.17) is 22.1 Å². The lowest BCUT2D eigenvalue weighted by molar-refractivity contribution is -0.168. The Morgan fingerprint density at radius 1 is 1.48 bits per heavy atom. The second-order valence-electron chi connectivity index (χ2n) is 6.82. The number of carbonyl (C=O) groups excluding carboxylic acids is 1. The summed E-state index contributed by atoms with van der Waals surface area (Å²) in [6.45, 7) is 7.31. The van der Waals surface area contributed by atoms with Crippen LogP contribution < -0.4 is 10.6 Å². The van der Waals surface area contributed by atoms with Gasteiger partial charge in [0.2, 0.25) is 5.91 Å². The second-order valence-corrected chi connectivity index (χ2v) is 7.26. The third-order valence-corrected chi connectivity index (χ3v) is 5.63. The fourth-order valence-corrected chi connectivity index (χ4v) is 3.77. The SMILES string of the molecule is CCOC1CC(N)(C(=O)N2CCc3ccc(Cl)cc32)C1(C)C.Cl. The molecule has 1 aliphatic heterocycles. The summed E-state index contributed by atoms with van der Waals surface area (Å²) < 4.78 is 5.72. The van der Waals surface area contributed by atoms with Crippen molar-refractivity contribution in [2.45, 2.75) is 45.3 Å². The van der Waals surface area contributed by atoms with Gasteiger partial charge in [-0.3, -0.25) is 4.79 Å². The summed E-state index contributed by atoms with van der Waals surface area (Å²) in [5, 5.41) is 0.643. The summed E-state index contributed by atoms with van der Waals surface area (Å²) in [6.07, 6.45) is 1.45. The zero-order chi connectivity index (χ0) is 16.1. The maximum atomic E-state index is 13.1. The zero-order valence-corrected chi connectivity index (χ0v) is 15.3. The molecule has 1 aromatic carbocycles. The molecule has 1 aromatic rings. The number of hydrogen-bond acceptors (Lipinski definition) is 3. The van der Waals surface area contributed by atoms with Crippen LogP contribution in [0, 0.1) is 5.41 Å². The molecule has 2 atom stereocenters. The van der Waals surface area contributed by atoms with Gasteiger partial charge in [-0.2, -0.15) is 0 Å². The van der Waals surface area contributed by atoms with Gasteiger partial charge in [0.05, 0.1) is 6.10 Å². The smallest absolute Gasteiger partial charge is 0.247 e. The molecule has 1 saturated carbocycles. The van der Waals surface area contributed by atoms with Gasteiger partial charge in [-0.05, 0) is 31.0 Å². The first-order chi connectivity index (χ1) is 10.3. The Balaban J connectivity index is 0.00000192. The average Bonchev–Trinajstić information content (AvgIpc) is 2.88. The summed E-state index contributed by atoms with van der Waals surface area (Å²) in [4.78, 5) is 14.9. The molecule has 2 N–H and O–H groups in total. The normalized spacial score (nSPS) is 27.9. The van der Waals surface area contributed by atoms with Crippen LogP contribution in [0.1, 0.15) is 32.8 Å². The Bertz CT molecular complexity index is 621. The summed E-state index contributed by atoms with van der Waals surface area (Å²) in [5.41, 5.74) is 7.32. The van der Waals surface area contributed by atoms with Gasteiger partial charge < -0.3 is 15.4 Å². The molecule has 2 unspecified atom stereocenters. The van der Waals surface area contributed by atoms with E-state index in [9.17, 15) is 4.79 Å². The third-order valence-electron chi connectivity index (χ3n) is 5.40. The highest BCUT2D eigenvalue weighted by atomic mass is 35.5. The summed E-state index contributed by atoms with van der Waals surface area (Å²) >= 11 is 6.09. The van der Waals surface area contributed by atoms with Crippen molar-refractivity contribution in [2.75, 3.05) is 18.1 Å². The van der Waals surface area contributed by atoms with Gasteiger partial charge in [-0.1, -0.05) is 31.5 Å². The number of rotatable bonds is 3. The predicted octanol–water partition coefficient (Wildman–Crippen LogP) is 3.18. The lowest BCUT2D eigenvalue weighted by atomic mass is 9.54. The van der Waals surface area contributed by atoms with Gasteiger partial charge in [0.15, 0.2) is 0 Å². The quantitative estimate of drug-likeness (QED) is 0.902. The minimum Gasteiger partial charge on any atom is -0.378 e. The summed E-state index contributed by atoms with van der Waals surface area (Å²) in [7, 11) is 0. The highest BCUT2D eigenvalue weighted by molar-refractivity contribution is 6.31. The first-order valence-corrected chi connectivity index (χ1v) is 8.20. The van der Waals surface area contributed by atoms with Crippen molar-refractivity contribution in [1.82, 2.24) is 0 Å². The molecule has 0 radical (unpaired) electrons. The van der Waals surface area contributed by atoms with Crippen molar-refractivity contribution in [2.24, 2.45) is 11.1 Å². The number of fused-ring (bicyclic) bond motifs is 1. The van der Waals surface area contributed by atoms with E-state index < -0.39 is 5.54 Å². The first-order valence-electron chi connectivity index (χ1n) is 7.82. The van der Waals surface area contributed by atoms with Gasteiger partial charge in [0.25, 0.3) is 0 Å². The Hall–Kier alpha value is -0.810. The largest absolute Gasteiger partial charge is 0.378 e. The van der Waals surface area contributed by atoms with E-state index in [1.807, 2.05) is 39.0 Å². The van der Waals surface area contributed by atoms with E-state index in [1.54, 1.807) is 4.90 Å². The summed E-state index contributed by atoms with van der Waals surface area (Å²) in [6, 6.07) is 5.71. The van der Waals surface area contributed by atoms with Crippen LogP contribution in [0.2, 0.25) is 5.02 Å². The molecule has 0 spiro atoms. The van der Waals surface area contributed by atoms with Crippen LogP contribution in [-0.4, -0.2) is 30.7 Å². The maximum Gasteiger partial charge on any atom is 0.247 e. The molecule has 1 aliphatic carbocycles. The van der Waals surface area contributed by atoms with E-state index in [1.165, 1.54) is 0 Å². The molecule has 1 heterocycles. The van der Waals surface area contributed by atoms with Gasteiger partial charge >= 0.3 is 0 Å². The number of nitrogens with two attached hydrogens (primary N) is 1. The molecule has 1 amide bonds. The van der Waals surface area contributed by atoms with Crippen LogP contribution in [-0.2, 0) is 16.0 Å². The van der Waals surface area contributed by atoms with E-state index in [-0.39, 0.29) is 29.8 Å². The molecule has 23 heavy (non-hydrogen) atoms. The minimum atomic E-state index is -0.878. The van der Waals surface area contributed by atoms with E-state index in [0.717, 1.165) is 17.7 Å².